The number of carboxylic acid groups (broad SMARTS) is 1. The van der Waals surface area contributed by atoms with Crippen molar-refractivity contribution >= 4 is 16.4 Å². The maximum Gasteiger partial charge on any atom is 0.446 e. The summed E-state index contributed by atoms with van der Waals surface area (Å²) in [5, 5.41) is 38.9. The number of ether oxygens (including phenoxy) is 3. The van der Waals surface area contributed by atoms with Gasteiger partial charge in [-0.15, -0.1) is 0 Å². The topological polar surface area (TPSA) is 189 Å². The first-order chi connectivity index (χ1) is 16.0. The summed E-state index contributed by atoms with van der Waals surface area (Å²) >= 11 is 0. The van der Waals surface area contributed by atoms with Crippen molar-refractivity contribution in [2.24, 2.45) is 0 Å². The molecule has 4 rings (SSSR count). The molecule has 1 saturated heterocycles. The minimum atomic E-state index is -4.60. The molecule has 0 saturated carbocycles. The van der Waals surface area contributed by atoms with E-state index in [-0.39, 0.29) is 17.4 Å². The van der Waals surface area contributed by atoms with Crippen LogP contribution in [-0.2, 0) is 26.4 Å². The molecule has 2 aliphatic rings. The lowest BCUT2D eigenvalue weighted by Crippen LogP contribution is -2.61. The summed E-state index contributed by atoms with van der Waals surface area (Å²) in [5.74, 6) is -0.888. The zero-order chi connectivity index (χ0) is 24.6. The van der Waals surface area contributed by atoms with Gasteiger partial charge in [0.2, 0.25) is 6.29 Å². The summed E-state index contributed by atoms with van der Waals surface area (Å²) in [6, 6.07) is 11.0. The first kappa shape index (κ1) is 24.2. The van der Waals surface area contributed by atoms with Crippen LogP contribution < -0.4 is 13.7 Å². The van der Waals surface area contributed by atoms with Gasteiger partial charge in [0.25, 0.3) is 0 Å². The molecule has 5 N–H and O–H groups in total. The molecule has 6 atom stereocenters. The lowest BCUT2D eigenvalue weighted by Gasteiger charge is -2.38. The summed E-state index contributed by atoms with van der Waals surface area (Å²) in [4.78, 5) is 11.2. The van der Waals surface area contributed by atoms with E-state index in [2.05, 4.69) is 4.18 Å². The summed E-state index contributed by atoms with van der Waals surface area (Å²) in [6.07, 6.45) is -7.99. The highest BCUT2D eigenvalue weighted by molar-refractivity contribution is 7.81. The van der Waals surface area contributed by atoms with Gasteiger partial charge in [0.1, 0.15) is 35.6 Å². The molecule has 2 aromatic carbocycles. The third kappa shape index (κ3) is 5.24. The maximum atomic E-state index is 11.2. The minimum Gasteiger partial charge on any atom is -0.493 e. The maximum absolute atomic E-state index is 11.2. The molecule has 34 heavy (non-hydrogen) atoms. The number of benzene rings is 2. The molecule has 13 heteroatoms. The molecule has 12 nitrogen and oxygen atoms in total. The standard InChI is InChI=1S/C21H22O12S/c22-16-17(23)19(20(25)26)32-21(18(16)24)31-14-6-3-11-7-12(9-30-15(11)8-14)10-1-4-13(5-2-10)33-34(27,28)29/h1-6,8,12,16-19,21-24H,7,9H2,(H,25,26)(H,27,28,29)/t12?,16-,17-,18+,19-,21+/m0/s1. The van der Waals surface area contributed by atoms with Crippen LogP contribution in [0.1, 0.15) is 17.0 Å². The van der Waals surface area contributed by atoms with Gasteiger partial charge in [0, 0.05) is 12.0 Å². The Labute approximate surface area is 193 Å². The highest BCUT2D eigenvalue weighted by Crippen LogP contribution is 2.36. The lowest BCUT2D eigenvalue weighted by atomic mass is 9.90. The van der Waals surface area contributed by atoms with Crippen molar-refractivity contribution in [3.05, 3.63) is 53.6 Å². The molecular formula is C21H22O12S. The Balaban J connectivity index is 1.44. The second-order valence-corrected chi connectivity index (χ2v) is 8.94. The van der Waals surface area contributed by atoms with Crippen LogP contribution in [0.3, 0.4) is 0 Å². The molecule has 2 aliphatic heterocycles. The average Bonchev–Trinajstić information content (AvgIpc) is 2.78. The van der Waals surface area contributed by atoms with E-state index in [4.69, 9.17) is 23.9 Å². The smallest absolute Gasteiger partial charge is 0.446 e. The number of aliphatic hydroxyl groups excluding tert-OH is 3. The van der Waals surface area contributed by atoms with E-state index in [0.717, 1.165) is 11.1 Å². The second kappa shape index (κ2) is 9.37. The van der Waals surface area contributed by atoms with Gasteiger partial charge in [0.15, 0.2) is 6.10 Å². The van der Waals surface area contributed by atoms with Gasteiger partial charge in [-0.3, -0.25) is 4.55 Å². The Bertz CT molecular complexity index is 1150. The van der Waals surface area contributed by atoms with Crippen LogP contribution in [0, 0.1) is 0 Å². The second-order valence-electron chi connectivity index (χ2n) is 7.91. The lowest BCUT2D eigenvalue weighted by molar-refractivity contribution is -0.271. The van der Waals surface area contributed by atoms with Gasteiger partial charge in [-0.2, -0.15) is 8.42 Å². The Morgan fingerprint density at radius 2 is 1.65 bits per heavy atom. The number of aliphatic hydroxyl groups is 3. The van der Waals surface area contributed by atoms with Crippen molar-refractivity contribution in [3.8, 4) is 17.2 Å². The summed E-state index contributed by atoms with van der Waals surface area (Å²) in [6.45, 7) is 0.295. The van der Waals surface area contributed by atoms with Crippen LogP contribution in [0.15, 0.2) is 42.5 Å². The molecular weight excluding hydrogens is 476 g/mol. The van der Waals surface area contributed by atoms with Crippen molar-refractivity contribution in [1.82, 2.24) is 0 Å². The predicted molar refractivity (Wildman–Crippen MR) is 112 cm³/mol. The highest BCUT2D eigenvalue weighted by Gasteiger charge is 2.48. The van der Waals surface area contributed by atoms with Crippen LogP contribution in [0.4, 0.5) is 0 Å². The third-order valence-electron chi connectivity index (χ3n) is 5.56. The molecule has 2 heterocycles. The van der Waals surface area contributed by atoms with Gasteiger partial charge in [-0.25, -0.2) is 4.79 Å². The van der Waals surface area contributed by atoms with Gasteiger partial charge in [-0.05, 0) is 35.7 Å². The van der Waals surface area contributed by atoms with E-state index in [0.29, 0.717) is 18.8 Å². The van der Waals surface area contributed by atoms with Crippen molar-refractivity contribution in [3.63, 3.8) is 0 Å². The van der Waals surface area contributed by atoms with Crippen molar-refractivity contribution < 1.29 is 56.6 Å². The van der Waals surface area contributed by atoms with Crippen LogP contribution in [0.5, 0.6) is 17.2 Å². The third-order valence-corrected chi connectivity index (χ3v) is 5.97. The molecule has 2 aromatic rings. The largest absolute Gasteiger partial charge is 0.493 e. The van der Waals surface area contributed by atoms with E-state index >= 15 is 0 Å². The number of hydrogen-bond acceptors (Lipinski definition) is 10. The molecule has 0 bridgehead atoms. The van der Waals surface area contributed by atoms with Crippen molar-refractivity contribution in [1.29, 1.82) is 0 Å². The fourth-order valence-corrected chi connectivity index (χ4v) is 4.19. The summed E-state index contributed by atoms with van der Waals surface area (Å²) in [7, 11) is -4.60. The van der Waals surface area contributed by atoms with Crippen LogP contribution >= 0.6 is 0 Å². The number of carbonyl (C=O) groups is 1. The van der Waals surface area contributed by atoms with Crippen molar-refractivity contribution in [2.45, 2.75) is 43.0 Å². The van der Waals surface area contributed by atoms with E-state index in [9.17, 15) is 28.5 Å². The molecule has 0 amide bonds. The molecule has 0 radical (unpaired) electrons. The summed E-state index contributed by atoms with van der Waals surface area (Å²) < 4.78 is 51.2. The highest BCUT2D eigenvalue weighted by atomic mass is 32.3. The fraction of sp³-hybridized carbons (Fsp3) is 0.381. The van der Waals surface area contributed by atoms with E-state index < -0.39 is 47.1 Å². The van der Waals surface area contributed by atoms with Gasteiger partial charge >= 0.3 is 16.4 Å². The SMILES string of the molecule is O=C(O)[C@H]1O[C@@H](Oc2ccc3c(c2)OCC(c2ccc(OS(=O)(=O)O)cc2)C3)[C@H](O)[C@@H](O)[C@@H]1O. The first-order valence-electron chi connectivity index (χ1n) is 10.1. The molecule has 0 aliphatic carbocycles. The predicted octanol–water partition coefficient (Wildman–Crippen LogP) is -0.142. The number of carboxylic acids is 1. The number of hydrogen-bond donors (Lipinski definition) is 5. The molecule has 0 aromatic heterocycles. The normalized spacial score (nSPS) is 28.9. The molecule has 1 unspecified atom stereocenters. The Hall–Kier alpha value is -2.94. The monoisotopic (exact) mass is 498 g/mol. The Morgan fingerprint density at radius 3 is 2.29 bits per heavy atom. The van der Waals surface area contributed by atoms with Gasteiger partial charge in [-0.1, -0.05) is 18.2 Å². The number of rotatable bonds is 6. The van der Waals surface area contributed by atoms with E-state index in [1.54, 1.807) is 24.3 Å². The number of aliphatic carboxylic acids is 1. The zero-order valence-electron chi connectivity index (χ0n) is 17.4. The van der Waals surface area contributed by atoms with Crippen LogP contribution in [0.2, 0.25) is 0 Å². The van der Waals surface area contributed by atoms with E-state index in [1.165, 1.54) is 18.2 Å². The first-order valence-corrected chi connectivity index (χ1v) is 11.5. The molecule has 0 spiro atoms. The Morgan fingerprint density at radius 1 is 0.971 bits per heavy atom. The van der Waals surface area contributed by atoms with Gasteiger partial charge in [0.05, 0.1) is 6.61 Å². The number of fused-ring (bicyclic) bond motifs is 1. The zero-order valence-corrected chi connectivity index (χ0v) is 18.2. The quantitative estimate of drug-likeness (QED) is 0.332. The summed E-state index contributed by atoms with van der Waals surface area (Å²) in [5.41, 5.74) is 1.70. The van der Waals surface area contributed by atoms with Crippen LogP contribution in [0.25, 0.3) is 0 Å². The van der Waals surface area contributed by atoms with E-state index in [1.807, 2.05) is 0 Å². The average molecular weight is 498 g/mol. The van der Waals surface area contributed by atoms with Gasteiger partial charge < -0.3 is 38.8 Å². The Kier molecular flexibility index (Phi) is 6.66. The fourth-order valence-electron chi connectivity index (χ4n) is 3.84. The molecule has 184 valence electrons. The van der Waals surface area contributed by atoms with Crippen LogP contribution in [-0.4, -0.2) is 76.7 Å². The minimum absolute atomic E-state index is 0.0277. The van der Waals surface area contributed by atoms with Crippen molar-refractivity contribution in [2.75, 3.05) is 6.61 Å². The molecule has 1 fully saturated rings.